The zero-order valence-electron chi connectivity index (χ0n) is 10.5. The first-order chi connectivity index (χ1) is 8.36. The Hall–Kier alpha value is -1.56. The van der Waals surface area contributed by atoms with E-state index in [1.807, 2.05) is 0 Å². The lowest BCUT2D eigenvalue weighted by Gasteiger charge is -2.09. The number of aryl methyl sites for hydroxylation is 1. The van der Waals surface area contributed by atoms with Gasteiger partial charge in [-0.2, -0.15) is 0 Å². The Kier molecular flexibility index (Phi) is 4.37. The van der Waals surface area contributed by atoms with Crippen LogP contribution in [0.2, 0.25) is 0 Å². The highest BCUT2D eigenvalue weighted by Gasteiger charge is 2.01. The molecule has 0 saturated heterocycles. The van der Waals surface area contributed by atoms with Crippen LogP contribution in [0.4, 0.5) is 0 Å². The summed E-state index contributed by atoms with van der Waals surface area (Å²) in [6.07, 6.45) is 13.5. The minimum atomic E-state index is 1.14. The Morgan fingerprint density at radius 2 is 1.82 bits per heavy atom. The maximum atomic E-state index is 2.27. The Morgan fingerprint density at radius 3 is 2.65 bits per heavy atom. The van der Waals surface area contributed by atoms with E-state index in [1.165, 1.54) is 24.0 Å². The molecular weight excluding hydrogens is 204 g/mol. The molecule has 0 fully saturated rings. The second-order valence-electron chi connectivity index (χ2n) is 4.62. The van der Waals surface area contributed by atoms with Gasteiger partial charge in [-0.25, -0.2) is 0 Å². The number of allylic oxidation sites excluding steroid dienone is 6. The summed E-state index contributed by atoms with van der Waals surface area (Å²) in [5.74, 6) is 0. The van der Waals surface area contributed by atoms with Crippen LogP contribution >= 0.6 is 0 Å². The van der Waals surface area contributed by atoms with Crippen LogP contribution in [0.15, 0.2) is 65.8 Å². The van der Waals surface area contributed by atoms with Crippen molar-refractivity contribution in [2.75, 3.05) is 0 Å². The van der Waals surface area contributed by atoms with Crippen LogP contribution < -0.4 is 0 Å². The summed E-state index contributed by atoms with van der Waals surface area (Å²) in [6, 6.07) is 10.7. The van der Waals surface area contributed by atoms with Gasteiger partial charge in [-0.3, -0.25) is 0 Å². The fourth-order valence-electron chi connectivity index (χ4n) is 2.17. The number of hydrogen-bond donors (Lipinski definition) is 0. The van der Waals surface area contributed by atoms with Crippen LogP contribution in [0.5, 0.6) is 0 Å². The fraction of sp³-hybridized carbons (Fsp3) is 0.294. The summed E-state index contributed by atoms with van der Waals surface area (Å²) < 4.78 is 0. The van der Waals surface area contributed by atoms with Gasteiger partial charge in [-0.05, 0) is 43.7 Å². The molecule has 1 aromatic rings. The molecule has 0 heterocycles. The highest BCUT2D eigenvalue weighted by Crippen LogP contribution is 2.19. The molecule has 2 rings (SSSR count). The summed E-state index contributed by atoms with van der Waals surface area (Å²) in [7, 11) is 0. The molecule has 0 atom stereocenters. The maximum absolute atomic E-state index is 2.27. The Morgan fingerprint density at radius 1 is 1.00 bits per heavy atom. The van der Waals surface area contributed by atoms with E-state index in [4.69, 9.17) is 0 Å². The average molecular weight is 224 g/mol. The number of benzene rings is 1. The SMILES string of the molecule is C/C1=C(CCc2ccccc2)/C=C\C=C/CC1. The molecule has 0 aliphatic heterocycles. The summed E-state index contributed by atoms with van der Waals surface area (Å²) in [4.78, 5) is 0. The molecule has 0 N–H and O–H groups in total. The minimum absolute atomic E-state index is 1.14. The first kappa shape index (κ1) is 11.9. The first-order valence-electron chi connectivity index (χ1n) is 6.42. The lowest BCUT2D eigenvalue weighted by Crippen LogP contribution is -1.92. The van der Waals surface area contributed by atoms with E-state index in [1.54, 1.807) is 5.57 Å². The standard InChI is InChI=1S/C17H20/c1-15-9-5-2-3-8-12-17(15)14-13-16-10-6-4-7-11-16/h2-4,6-8,10-12H,5,9,13-14H2,1H3/b3-2-,12-8-,17-15+. The molecule has 88 valence electrons. The van der Waals surface area contributed by atoms with E-state index in [0.717, 1.165) is 12.8 Å². The van der Waals surface area contributed by atoms with Gasteiger partial charge < -0.3 is 0 Å². The van der Waals surface area contributed by atoms with E-state index in [-0.39, 0.29) is 0 Å². The third kappa shape index (κ3) is 3.74. The molecule has 0 unspecified atom stereocenters. The molecule has 0 nitrogen and oxygen atoms in total. The Bertz CT molecular complexity index is 432. The predicted molar refractivity (Wildman–Crippen MR) is 75.0 cm³/mol. The average Bonchev–Trinajstić information content (AvgIpc) is 2.35. The van der Waals surface area contributed by atoms with Gasteiger partial charge in [-0.15, -0.1) is 0 Å². The van der Waals surface area contributed by atoms with Gasteiger partial charge in [0, 0.05) is 0 Å². The molecule has 17 heavy (non-hydrogen) atoms. The highest BCUT2D eigenvalue weighted by atomic mass is 14.1. The van der Waals surface area contributed by atoms with Crippen molar-refractivity contribution in [3.05, 3.63) is 71.3 Å². The summed E-state index contributed by atoms with van der Waals surface area (Å²) >= 11 is 0. The third-order valence-electron chi connectivity index (χ3n) is 3.30. The molecule has 0 amide bonds. The van der Waals surface area contributed by atoms with Crippen molar-refractivity contribution in [3.8, 4) is 0 Å². The van der Waals surface area contributed by atoms with Crippen LogP contribution in [0.3, 0.4) is 0 Å². The van der Waals surface area contributed by atoms with Gasteiger partial charge >= 0.3 is 0 Å². The van der Waals surface area contributed by atoms with Gasteiger partial charge in [0.25, 0.3) is 0 Å². The highest BCUT2D eigenvalue weighted by molar-refractivity contribution is 5.30. The lowest BCUT2D eigenvalue weighted by molar-refractivity contribution is 0.895. The number of hydrogen-bond acceptors (Lipinski definition) is 0. The largest absolute Gasteiger partial charge is 0.0842 e. The second-order valence-corrected chi connectivity index (χ2v) is 4.62. The van der Waals surface area contributed by atoms with Crippen molar-refractivity contribution in [1.82, 2.24) is 0 Å². The molecule has 0 bridgehead atoms. The first-order valence-corrected chi connectivity index (χ1v) is 6.42. The summed E-state index contributed by atoms with van der Waals surface area (Å²) in [6.45, 7) is 2.27. The topological polar surface area (TPSA) is 0 Å². The van der Waals surface area contributed by atoms with Gasteiger partial charge in [0.1, 0.15) is 0 Å². The molecule has 0 heteroatoms. The predicted octanol–water partition coefficient (Wildman–Crippen LogP) is 4.84. The van der Waals surface area contributed by atoms with Crippen LogP contribution in [-0.2, 0) is 6.42 Å². The van der Waals surface area contributed by atoms with Gasteiger partial charge in [-0.1, -0.05) is 60.2 Å². The van der Waals surface area contributed by atoms with Crippen molar-refractivity contribution < 1.29 is 0 Å². The van der Waals surface area contributed by atoms with Crippen molar-refractivity contribution in [3.63, 3.8) is 0 Å². The molecule has 0 radical (unpaired) electrons. The van der Waals surface area contributed by atoms with Gasteiger partial charge in [0.15, 0.2) is 0 Å². The van der Waals surface area contributed by atoms with Crippen LogP contribution in [0.1, 0.15) is 31.7 Å². The van der Waals surface area contributed by atoms with Gasteiger partial charge in [0.2, 0.25) is 0 Å². The maximum Gasteiger partial charge on any atom is -0.0238 e. The summed E-state index contributed by atoms with van der Waals surface area (Å²) in [5, 5.41) is 0. The van der Waals surface area contributed by atoms with E-state index >= 15 is 0 Å². The minimum Gasteiger partial charge on any atom is -0.0842 e. The van der Waals surface area contributed by atoms with Crippen molar-refractivity contribution in [1.29, 1.82) is 0 Å². The second kappa shape index (κ2) is 6.24. The third-order valence-corrected chi connectivity index (χ3v) is 3.30. The van der Waals surface area contributed by atoms with E-state index in [9.17, 15) is 0 Å². The molecule has 1 aliphatic rings. The fourth-order valence-corrected chi connectivity index (χ4v) is 2.17. The van der Waals surface area contributed by atoms with E-state index in [0.29, 0.717) is 0 Å². The van der Waals surface area contributed by atoms with E-state index in [2.05, 4.69) is 61.6 Å². The molecule has 0 saturated carbocycles. The number of rotatable bonds is 3. The van der Waals surface area contributed by atoms with Crippen LogP contribution in [0, 0.1) is 0 Å². The van der Waals surface area contributed by atoms with E-state index < -0.39 is 0 Å². The van der Waals surface area contributed by atoms with Crippen molar-refractivity contribution in [2.24, 2.45) is 0 Å². The Balaban J connectivity index is 2.02. The molecule has 0 aromatic heterocycles. The van der Waals surface area contributed by atoms with Crippen molar-refractivity contribution in [2.45, 2.75) is 32.6 Å². The summed E-state index contributed by atoms with van der Waals surface area (Å²) in [5.41, 5.74) is 4.48. The quantitative estimate of drug-likeness (QED) is 0.689. The van der Waals surface area contributed by atoms with Crippen molar-refractivity contribution >= 4 is 0 Å². The molecule has 1 aromatic carbocycles. The zero-order chi connectivity index (χ0) is 11.9. The normalized spacial score (nSPS) is 23.8. The molecular formula is C17H20. The Labute approximate surface area is 104 Å². The monoisotopic (exact) mass is 224 g/mol. The zero-order valence-corrected chi connectivity index (χ0v) is 10.5. The lowest BCUT2D eigenvalue weighted by atomic mass is 9.96. The van der Waals surface area contributed by atoms with Crippen LogP contribution in [0.25, 0.3) is 0 Å². The molecule has 0 spiro atoms. The van der Waals surface area contributed by atoms with Gasteiger partial charge in [0.05, 0.1) is 0 Å². The van der Waals surface area contributed by atoms with Crippen LogP contribution in [-0.4, -0.2) is 0 Å². The molecule has 1 aliphatic carbocycles. The smallest absolute Gasteiger partial charge is 0.0238 e.